The summed E-state index contributed by atoms with van der Waals surface area (Å²) in [5.41, 5.74) is 0.591. The van der Waals surface area contributed by atoms with Gasteiger partial charge in [-0.25, -0.2) is 4.79 Å². The molecule has 0 aliphatic carbocycles. The molecule has 0 atom stereocenters. The predicted octanol–water partition coefficient (Wildman–Crippen LogP) is 4.42. The Labute approximate surface area is 155 Å². The molecule has 0 N–H and O–H groups in total. The van der Waals surface area contributed by atoms with Crippen LogP contribution in [0.3, 0.4) is 0 Å². The van der Waals surface area contributed by atoms with Gasteiger partial charge in [-0.3, -0.25) is 0 Å². The topological polar surface area (TPSA) is 44.8 Å². The Kier molecular flexibility index (Phi) is 4.95. The number of esters is 1. The fourth-order valence-corrected chi connectivity index (χ4v) is 2.94. The smallest absolute Gasteiger partial charge is 0.463 e. The van der Waals surface area contributed by atoms with Crippen molar-refractivity contribution in [2.75, 3.05) is 6.61 Å². The van der Waals surface area contributed by atoms with Crippen molar-refractivity contribution in [3.8, 4) is 0 Å². The van der Waals surface area contributed by atoms with Gasteiger partial charge in [-0.2, -0.15) is 0 Å². The third-order valence-electron chi connectivity index (χ3n) is 5.15. The lowest BCUT2D eigenvalue weighted by Crippen LogP contribution is -2.41. The molecule has 4 nitrogen and oxygen atoms in total. The number of hydrogen-bond acceptors (Lipinski definition) is 4. The molecule has 26 heavy (non-hydrogen) atoms. The van der Waals surface area contributed by atoms with Crippen LogP contribution in [0.5, 0.6) is 0 Å². The minimum Gasteiger partial charge on any atom is -0.463 e. The highest BCUT2D eigenvalue weighted by atomic mass is 16.7. The first-order valence-electron chi connectivity index (χ1n) is 8.97. The van der Waals surface area contributed by atoms with E-state index >= 15 is 0 Å². The highest BCUT2D eigenvalue weighted by Gasteiger charge is 2.52. The van der Waals surface area contributed by atoms with Crippen LogP contribution in [0.4, 0.5) is 0 Å². The molecule has 0 unspecified atom stereocenters. The van der Waals surface area contributed by atoms with E-state index in [4.69, 9.17) is 14.0 Å². The van der Waals surface area contributed by atoms with Crippen LogP contribution in [0.15, 0.2) is 48.5 Å². The second-order valence-corrected chi connectivity index (χ2v) is 7.50. The largest absolute Gasteiger partial charge is 0.495 e. The van der Waals surface area contributed by atoms with Crippen LogP contribution in [-0.2, 0) is 18.8 Å². The molecule has 1 saturated heterocycles. The summed E-state index contributed by atoms with van der Waals surface area (Å²) in [7, 11) is -0.634. The number of ether oxygens (including phenoxy) is 1. The molecule has 1 heterocycles. The Morgan fingerprint density at radius 3 is 2.27 bits per heavy atom. The molecule has 2 aromatic carbocycles. The SMILES string of the molecule is CCOC(=O)/C=C(\B1OC(C)(C)C(C)(C)O1)c1ccc2ccccc2c1. The first-order chi connectivity index (χ1) is 12.2. The quantitative estimate of drug-likeness (QED) is 0.464. The van der Waals surface area contributed by atoms with Crippen LogP contribution >= 0.6 is 0 Å². The lowest BCUT2D eigenvalue weighted by molar-refractivity contribution is -0.137. The first kappa shape index (κ1) is 18.7. The number of carbonyl (C=O) groups is 1. The Morgan fingerprint density at radius 2 is 1.65 bits per heavy atom. The van der Waals surface area contributed by atoms with E-state index in [2.05, 4.69) is 6.07 Å². The Hall–Kier alpha value is -2.11. The van der Waals surface area contributed by atoms with Crippen LogP contribution in [-0.4, -0.2) is 30.9 Å². The van der Waals surface area contributed by atoms with Crippen molar-refractivity contribution in [2.45, 2.75) is 45.8 Å². The Balaban J connectivity index is 2.05. The molecular formula is C21H25BO4. The standard InChI is InChI=1S/C21H25BO4/c1-6-24-19(23)14-18(22-25-20(2,3)21(4,5)26-22)17-12-11-15-9-7-8-10-16(15)13-17/h7-14H,6H2,1-5H3/b18-14-. The van der Waals surface area contributed by atoms with Crippen LogP contribution < -0.4 is 0 Å². The number of benzene rings is 2. The van der Waals surface area contributed by atoms with Gasteiger partial charge in [0.2, 0.25) is 0 Å². The van der Waals surface area contributed by atoms with Gasteiger partial charge in [-0.15, -0.1) is 0 Å². The molecule has 0 amide bonds. The third-order valence-corrected chi connectivity index (χ3v) is 5.15. The zero-order valence-electron chi connectivity index (χ0n) is 16.0. The average molecular weight is 352 g/mol. The minimum absolute atomic E-state index is 0.323. The van der Waals surface area contributed by atoms with E-state index in [-0.39, 0.29) is 0 Å². The molecule has 1 aliphatic rings. The Bertz CT molecular complexity index is 838. The molecule has 136 valence electrons. The van der Waals surface area contributed by atoms with Crippen LogP contribution in [0.25, 0.3) is 16.2 Å². The summed E-state index contributed by atoms with van der Waals surface area (Å²) in [4.78, 5) is 12.2. The lowest BCUT2D eigenvalue weighted by Gasteiger charge is -2.32. The van der Waals surface area contributed by atoms with Crippen LogP contribution in [0.2, 0.25) is 0 Å². The van der Waals surface area contributed by atoms with E-state index in [1.165, 1.54) is 6.08 Å². The summed E-state index contributed by atoms with van der Waals surface area (Å²) in [6.07, 6.45) is 1.48. The second-order valence-electron chi connectivity index (χ2n) is 7.50. The summed E-state index contributed by atoms with van der Waals surface area (Å²) in [5, 5.41) is 2.23. The highest BCUT2D eigenvalue weighted by Crippen LogP contribution is 2.40. The number of rotatable bonds is 4. The van der Waals surface area contributed by atoms with Gasteiger partial charge in [0, 0.05) is 6.08 Å². The summed E-state index contributed by atoms with van der Waals surface area (Å²) in [6.45, 7) is 10.1. The number of carbonyl (C=O) groups excluding carboxylic acids is 1. The lowest BCUT2D eigenvalue weighted by atomic mass is 9.73. The normalized spacial score (nSPS) is 19.0. The fraction of sp³-hybridized carbons (Fsp3) is 0.381. The summed E-state index contributed by atoms with van der Waals surface area (Å²) >= 11 is 0. The molecule has 1 aliphatic heterocycles. The molecule has 0 spiro atoms. The van der Waals surface area contributed by atoms with E-state index in [1.807, 2.05) is 64.1 Å². The van der Waals surface area contributed by atoms with Gasteiger partial charge in [0.05, 0.1) is 17.8 Å². The van der Waals surface area contributed by atoms with Crippen molar-refractivity contribution in [3.63, 3.8) is 0 Å². The summed E-state index contributed by atoms with van der Waals surface area (Å²) in [5.74, 6) is -0.398. The van der Waals surface area contributed by atoms with E-state index in [1.54, 1.807) is 6.92 Å². The highest BCUT2D eigenvalue weighted by molar-refractivity contribution is 6.69. The fourth-order valence-electron chi connectivity index (χ4n) is 2.94. The molecule has 0 aromatic heterocycles. The molecule has 0 radical (unpaired) electrons. The minimum atomic E-state index is -0.634. The summed E-state index contributed by atoms with van der Waals surface area (Å²) < 4.78 is 17.5. The summed E-state index contributed by atoms with van der Waals surface area (Å²) in [6, 6.07) is 14.2. The molecule has 1 fully saturated rings. The van der Waals surface area contributed by atoms with Crippen molar-refractivity contribution < 1.29 is 18.8 Å². The third kappa shape index (κ3) is 3.55. The van der Waals surface area contributed by atoms with E-state index < -0.39 is 24.3 Å². The first-order valence-corrected chi connectivity index (χ1v) is 8.97. The van der Waals surface area contributed by atoms with Gasteiger partial charge in [-0.05, 0) is 62.5 Å². The van der Waals surface area contributed by atoms with Crippen LogP contribution in [0.1, 0.15) is 40.2 Å². The average Bonchev–Trinajstić information content (AvgIpc) is 2.80. The van der Waals surface area contributed by atoms with Crippen molar-refractivity contribution in [1.29, 1.82) is 0 Å². The van der Waals surface area contributed by atoms with Crippen molar-refractivity contribution >= 4 is 29.3 Å². The van der Waals surface area contributed by atoms with E-state index in [0.717, 1.165) is 16.3 Å². The number of hydrogen-bond donors (Lipinski definition) is 0. The van der Waals surface area contributed by atoms with Crippen molar-refractivity contribution in [1.82, 2.24) is 0 Å². The Morgan fingerprint density at radius 1 is 1.04 bits per heavy atom. The molecule has 0 saturated carbocycles. The monoisotopic (exact) mass is 352 g/mol. The van der Waals surface area contributed by atoms with Gasteiger partial charge in [0.25, 0.3) is 0 Å². The molecule has 2 aromatic rings. The van der Waals surface area contributed by atoms with Crippen molar-refractivity contribution in [3.05, 3.63) is 54.1 Å². The van der Waals surface area contributed by atoms with E-state index in [0.29, 0.717) is 12.1 Å². The van der Waals surface area contributed by atoms with Gasteiger partial charge >= 0.3 is 13.1 Å². The molecule has 5 heteroatoms. The molecule has 0 bridgehead atoms. The van der Waals surface area contributed by atoms with Gasteiger partial charge in [0.15, 0.2) is 0 Å². The maximum atomic E-state index is 12.2. The molecule has 3 rings (SSSR count). The zero-order chi connectivity index (χ0) is 18.9. The maximum Gasteiger partial charge on any atom is 0.495 e. The van der Waals surface area contributed by atoms with E-state index in [9.17, 15) is 4.79 Å². The zero-order valence-corrected chi connectivity index (χ0v) is 16.0. The van der Waals surface area contributed by atoms with Crippen molar-refractivity contribution in [2.24, 2.45) is 0 Å². The van der Waals surface area contributed by atoms with Crippen LogP contribution in [0, 0.1) is 0 Å². The van der Waals surface area contributed by atoms with Gasteiger partial charge in [-0.1, -0.05) is 36.4 Å². The second kappa shape index (κ2) is 6.90. The van der Waals surface area contributed by atoms with Gasteiger partial charge < -0.3 is 14.0 Å². The van der Waals surface area contributed by atoms with Gasteiger partial charge in [0.1, 0.15) is 0 Å². The predicted molar refractivity (Wildman–Crippen MR) is 105 cm³/mol. The number of fused-ring (bicyclic) bond motifs is 1. The maximum absolute atomic E-state index is 12.2. The molecular weight excluding hydrogens is 327 g/mol.